The monoisotopic (exact) mass is 524 g/mol. The summed E-state index contributed by atoms with van der Waals surface area (Å²) < 4.78 is 0. The van der Waals surface area contributed by atoms with Gasteiger partial charge in [0.2, 0.25) is 0 Å². The highest BCUT2D eigenvalue weighted by atomic mass is 16.4. The zero-order chi connectivity index (χ0) is 27.8. The van der Waals surface area contributed by atoms with Crippen LogP contribution in [0.4, 0.5) is 0 Å². The van der Waals surface area contributed by atoms with Crippen LogP contribution in [0.1, 0.15) is 142 Å². The van der Waals surface area contributed by atoms with Gasteiger partial charge >= 0.3 is 5.97 Å². The molecule has 2 heteroatoms. The molecule has 0 amide bonds. The summed E-state index contributed by atoms with van der Waals surface area (Å²) in [6.45, 7) is 4.48. The first-order chi connectivity index (χ1) is 18.7. The quantitative estimate of drug-likeness (QED) is 0.0856. The normalized spacial score (nSPS) is 13.5. The van der Waals surface area contributed by atoms with Crippen molar-refractivity contribution in [3.63, 3.8) is 0 Å². The molecule has 0 aliphatic carbocycles. The maximum Gasteiger partial charge on any atom is 0.306 e. The van der Waals surface area contributed by atoms with Crippen molar-refractivity contribution in [2.24, 2.45) is 5.92 Å². The Kier molecular flexibility index (Phi) is 29.4. The van der Waals surface area contributed by atoms with Crippen molar-refractivity contribution in [1.29, 1.82) is 0 Å². The lowest BCUT2D eigenvalue weighted by molar-refractivity contribution is -0.142. The maximum atomic E-state index is 11.6. The lowest BCUT2D eigenvalue weighted by Gasteiger charge is -2.11. The van der Waals surface area contributed by atoms with E-state index in [2.05, 4.69) is 86.8 Å². The van der Waals surface area contributed by atoms with Gasteiger partial charge in [-0.3, -0.25) is 4.79 Å². The first-order valence-electron chi connectivity index (χ1n) is 15.8. The van der Waals surface area contributed by atoms with E-state index in [9.17, 15) is 9.90 Å². The molecule has 0 aromatic heterocycles. The molecule has 1 N–H and O–H groups in total. The van der Waals surface area contributed by atoms with E-state index in [-0.39, 0.29) is 5.92 Å². The molecule has 1 unspecified atom stereocenters. The number of aliphatic carboxylic acids is 1. The van der Waals surface area contributed by atoms with Crippen LogP contribution in [-0.2, 0) is 4.79 Å². The Balaban J connectivity index is 3.72. The zero-order valence-corrected chi connectivity index (χ0v) is 25.0. The molecule has 0 bridgehead atoms. The van der Waals surface area contributed by atoms with Crippen LogP contribution in [0, 0.1) is 5.92 Å². The molecular formula is C36H60O2. The highest BCUT2D eigenvalue weighted by Crippen LogP contribution is 2.18. The van der Waals surface area contributed by atoms with E-state index in [1.807, 2.05) is 0 Å². The van der Waals surface area contributed by atoms with Crippen LogP contribution in [0.15, 0.2) is 72.9 Å². The highest BCUT2D eigenvalue weighted by molar-refractivity contribution is 5.69. The minimum Gasteiger partial charge on any atom is -0.481 e. The van der Waals surface area contributed by atoms with Gasteiger partial charge in [-0.2, -0.15) is 0 Å². The summed E-state index contributed by atoms with van der Waals surface area (Å²) >= 11 is 0. The summed E-state index contributed by atoms with van der Waals surface area (Å²) in [6.07, 6.45) is 49.2. The Morgan fingerprint density at radius 3 is 1.21 bits per heavy atom. The summed E-state index contributed by atoms with van der Waals surface area (Å²) in [5, 5.41) is 9.55. The van der Waals surface area contributed by atoms with Gasteiger partial charge in [-0.1, -0.05) is 125 Å². The van der Waals surface area contributed by atoms with Crippen molar-refractivity contribution in [3.8, 4) is 0 Å². The third-order valence-corrected chi connectivity index (χ3v) is 6.73. The average Bonchev–Trinajstić information content (AvgIpc) is 2.91. The molecule has 0 aliphatic rings. The smallest absolute Gasteiger partial charge is 0.306 e. The van der Waals surface area contributed by atoms with Crippen LogP contribution in [0.2, 0.25) is 0 Å². The number of rotatable bonds is 27. The molecule has 0 spiro atoms. The van der Waals surface area contributed by atoms with Crippen molar-refractivity contribution in [2.45, 2.75) is 142 Å². The van der Waals surface area contributed by atoms with E-state index in [0.29, 0.717) is 0 Å². The molecule has 0 aromatic carbocycles. The Hall–Kier alpha value is -2.09. The molecule has 38 heavy (non-hydrogen) atoms. The SMILES string of the molecule is CCCCCC=CCC=CCC=CCCCCCC(CCCC=CCC=CCC=CCCCCC)C(=O)O. The molecule has 0 aliphatic heterocycles. The minimum atomic E-state index is -0.623. The predicted molar refractivity (Wildman–Crippen MR) is 170 cm³/mol. The van der Waals surface area contributed by atoms with Crippen molar-refractivity contribution >= 4 is 5.97 Å². The van der Waals surface area contributed by atoms with E-state index in [1.165, 1.54) is 51.4 Å². The third kappa shape index (κ3) is 28.5. The van der Waals surface area contributed by atoms with E-state index in [1.54, 1.807) is 0 Å². The molecule has 0 fully saturated rings. The average molecular weight is 525 g/mol. The van der Waals surface area contributed by atoms with E-state index in [4.69, 9.17) is 0 Å². The molecule has 0 rings (SSSR count). The number of unbranched alkanes of at least 4 members (excludes halogenated alkanes) is 10. The number of hydrogen-bond donors (Lipinski definition) is 1. The fraction of sp³-hybridized carbons (Fsp3) is 0.639. The number of carboxylic acid groups (broad SMARTS) is 1. The van der Waals surface area contributed by atoms with E-state index in [0.717, 1.165) is 77.0 Å². The largest absolute Gasteiger partial charge is 0.481 e. The second-order valence-electron chi connectivity index (χ2n) is 10.4. The molecule has 0 aromatic rings. The van der Waals surface area contributed by atoms with E-state index >= 15 is 0 Å². The van der Waals surface area contributed by atoms with Crippen LogP contribution >= 0.6 is 0 Å². The van der Waals surface area contributed by atoms with Gasteiger partial charge in [0, 0.05) is 0 Å². The van der Waals surface area contributed by atoms with Crippen molar-refractivity contribution < 1.29 is 9.90 Å². The molecule has 0 saturated carbocycles. The fourth-order valence-electron chi connectivity index (χ4n) is 4.28. The lowest BCUT2D eigenvalue weighted by Crippen LogP contribution is -2.13. The summed E-state index contributed by atoms with van der Waals surface area (Å²) in [7, 11) is 0. The Bertz CT molecular complexity index is 677. The van der Waals surface area contributed by atoms with Gasteiger partial charge in [0.25, 0.3) is 0 Å². The van der Waals surface area contributed by atoms with Crippen molar-refractivity contribution in [1.82, 2.24) is 0 Å². The van der Waals surface area contributed by atoms with Gasteiger partial charge in [-0.25, -0.2) is 0 Å². The van der Waals surface area contributed by atoms with Gasteiger partial charge in [-0.05, 0) is 89.9 Å². The molecule has 2 nitrogen and oxygen atoms in total. The Morgan fingerprint density at radius 1 is 0.474 bits per heavy atom. The van der Waals surface area contributed by atoms with Crippen LogP contribution in [0.3, 0.4) is 0 Å². The summed E-state index contributed by atoms with van der Waals surface area (Å²) in [6, 6.07) is 0. The zero-order valence-electron chi connectivity index (χ0n) is 25.0. The summed E-state index contributed by atoms with van der Waals surface area (Å²) in [5.74, 6) is -0.809. The minimum absolute atomic E-state index is 0.186. The van der Waals surface area contributed by atoms with Crippen molar-refractivity contribution in [2.75, 3.05) is 0 Å². The molecule has 0 radical (unpaired) electrons. The molecule has 216 valence electrons. The lowest BCUT2D eigenvalue weighted by atomic mass is 9.95. The Labute approximate surface area is 236 Å². The molecule has 1 atom stereocenters. The van der Waals surface area contributed by atoms with Gasteiger partial charge in [0.1, 0.15) is 0 Å². The predicted octanol–water partition coefficient (Wildman–Crippen LogP) is 11.9. The number of hydrogen-bond acceptors (Lipinski definition) is 1. The maximum absolute atomic E-state index is 11.6. The number of allylic oxidation sites excluding steroid dienone is 12. The molecule has 0 heterocycles. The third-order valence-electron chi connectivity index (χ3n) is 6.73. The number of carbonyl (C=O) groups is 1. The van der Waals surface area contributed by atoms with Crippen molar-refractivity contribution in [3.05, 3.63) is 72.9 Å². The van der Waals surface area contributed by atoms with Gasteiger partial charge in [-0.15, -0.1) is 0 Å². The molecular weight excluding hydrogens is 464 g/mol. The van der Waals surface area contributed by atoms with Gasteiger partial charge in [0.05, 0.1) is 5.92 Å². The summed E-state index contributed by atoms with van der Waals surface area (Å²) in [4.78, 5) is 11.6. The van der Waals surface area contributed by atoms with Crippen LogP contribution < -0.4 is 0 Å². The fourth-order valence-corrected chi connectivity index (χ4v) is 4.28. The van der Waals surface area contributed by atoms with Crippen LogP contribution in [0.5, 0.6) is 0 Å². The van der Waals surface area contributed by atoms with Crippen LogP contribution in [-0.4, -0.2) is 11.1 Å². The second kappa shape index (κ2) is 31.1. The summed E-state index contributed by atoms with van der Waals surface area (Å²) in [5.41, 5.74) is 0. The standard InChI is InChI=1S/C36H60O2/c1-3-5-7-9-11-13-15-17-19-20-22-24-26-28-30-32-34-35(36(37)38)33-31-29-27-25-23-21-18-16-14-12-10-8-6-4-2/h11-14,17-19,21-22,24-25,27,35H,3-10,15-16,20,23,26,28-34H2,1-2H3,(H,37,38). The first-order valence-corrected chi connectivity index (χ1v) is 15.8. The van der Waals surface area contributed by atoms with Gasteiger partial charge < -0.3 is 5.11 Å². The second-order valence-corrected chi connectivity index (χ2v) is 10.4. The topological polar surface area (TPSA) is 37.3 Å². The van der Waals surface area contributed by atoms with Crippen LogP contribution in [0.25, 0.3) is 0 Å². The number of carboxylic acids is 1. The highest BCUT2D eigenvalue weighted by Gasteiger charge is 2.15. The molecule has 0 saturated heterocycles. The van der Waals surface area contributed by atoms with E-state index < -0.39 is 5.97 Å². The first kappa shape index (κ1) is 35.9. The Morgan fingerprint density at radius 2 is 0.816 bits per heavy atom. The van der Waals surface area contributed by atoms with Gasteiger partial charge in [0.15, 0.2) is 0 Å².